The van der Waals surface area contributed by atoms with Gasteiger partial charge in [0.05, 0.1) is 5.75 Å². The number of hydrogen-bond donors (Lipinski definition) is 1. The number of aromatic nitrogens is 3. The Labute approximate surface area is 182 Å². The highest BCUT2D eigenvalue weighted by Gasteiger charge is 2.17. The first kappa shape index (κ1) is 21.9. The summed E-state index contributed by atoms with van der Waals surface area (Å²) in [6, 6.07) is 16.1. The summed E-state index contributed by atoms with van der Waals surface area (Å²) < 4.78 is 8.06. The summed E-state index contributed by atoms with van der Waals surface area (Å²) in [5.41, 5.74) is 3.10. The lowest BCUT2D eigenvalue weighted by molar-refractivity contribution is -0.119. The third kappa shape index (κ3) is 5.42. The zero-order chi connectivity index (χ0) is 21.5. The van der Waals surface area contributed by atoms with Crippen LogP contribution in [0.4, 0.5) is 0 Å². The van der Waals surface area contributed by atoms with Gasteiger partial charge in [0.1, 0.15) is 12.4 Å². The van der Waals surface area contributed by atoms with Crippen molar-refractivity contribution in [1.29, 1.82) is 0 Å². The molecule has 1 amide bonds. The number of rotatable bonds is 9. The monoisotopic (exact) mass is 424 g/mol. The number of amides is 1. The van der Waals surface area contributed by atoms with E-state index < -0.39 is 0 Å². The van der Waals surface area contributed by atoms with Gasteiger partial charge in [0.15, 0.2) is 11.0 Å². The molecular weight excluding hydrogens is 396 g/mol. The molecule has 3 rings (SSSR count). The van der Waals surface area contributed by atoms with Gasteiger partial charge in [-0.2, -0.15) is 0 Å². The Morgan fingerprint density at radius 3 is 2.47 bits per heavy atom. The van der Waals surface area contributed by atoms with E-state index in [0.717, 1.165) is 29.0 Å². The van der Waals surface area contributed by atoms with Crippen LogP contribution >= 0.6 is 11.8 Å². The molecule has 3 aromatic rings. The summed E-state index contributed by atoms with van der Waals surface area (Å²) in [6.45, 7) is 8.39. The summed E-state index contributed by atoms with van der Waals surface area (Å²) in [5.74, 6) is 1.83. The van der Waals surface area contributed by atoms with E-state index in [0.29, 0.717) is 11.0 Å². The molecule has 0 bridgehead atoms. The molecule has 2 aromatic carbocycles. The van der Waals surface area contributed by atoms with Crippen molar-refractivity contribution in [2.45, 2.75) is 51.9 Å². The number of aryl methyl sites for hydroxylation is 2. The lowest BCUT2D eigenvalue weighted by atomic mass is 10.1. The van der Waals surface area contributed by atoms with Crippen molar-refractivity contribution in [1.82, 2.24) is 20.1 Å². The molecule has 1 heterocycles. The van der Waals surface area contributed by atoms with Crippen molar-refractivity contribution in [3.05, 3.63) is 65.5 Å². The molecule has 30 heavy (non-hydrogen) atoms. The first-order chi connectivity index (χ1) is 14.5. The first-order valence-electron chi connectivity index (χ1n) is 10.1. The molecule has 6 nitrogen and oxygen atoms in total. The Hall–Kier alpha value is -2.80. The topological polar surface area (TPSA) is 69.0 Å². The summed E-state index contributed by atoms with van der Waals surface area (Å²) in [4.78, 5) is 12.2. The molecule has 0 spiro atoms. The van der Waals surface area contributed by atoms with Crippen LogP contribution in [0.25, 0.3) is 5.69 Å². The highest BCUT2D eigenvalue weighted by Crippen LogP contribution is 2.26. The van der Waals surface area contributed by atoms with Crippen LogP contribution in [0.3, 0.4) is 0 Å². The quantitative estimate of drug-likeness (QED) is 0.513. The fraction of sp³-hybridized carbons (Fsp3) is 0.348. The Bertz CT molecular complexity index is 968. The largest absolute Gasteiger partial charge is 0.485 e. The number of nitrogens with zero attached hydrogens (tertiary/aromatic N) is 3. The molecule has 0 fully saturated rings. The van der Waals surface area contributed by atoms with Crippen LogP contribution in [0, 0.1) is 13.8 Å². The Balaban J connectivity index is 1.81. The number of para-hydroxylation sites is 2. The molecule has 1 atom stereocenters. The molecular formula is C23H28N4O2S. The van der Waals surface area contributed by atoms with E-state index in [2.05, 4.69) is 15.5 Å². The molecule has 0 aliphatic rings. The zero-order valence-electron chi connectivity index (χ0n) is 17.9. The summed E-state index contributed by atoms with van der Waals surface area (Å²) in [7, 11) is 0. The van der Waals surface area contributed by atoms with E-state index in [-0.39, 0.29) is 24.3 Å². The molecule has 0 saturated carbocycles. The lowest BCUT2D eigenvalue weighted by Gasteiger charge is -2.14. The van der Waals surface area contributed by atoms with Gasteiger partial charge in [0.25, 0.3) is 0 Å². The van der Waals surface area contributed by atoms with Gasteiger partial charge >= 0.3 is 0 Å². The number of carbonyl (C=O) groups excluding carboxylic acids is 1. The van der Waals surface area contributed by atoms with E-state index in [9.17, 15) is 4.79 Å². The Kier molecular flexibility index (Phi) is 7.52. The van der Waals surface area contributed by atoms with Crippen molar-refractivity contribution in [2.75, 3.05) is 5.75 Å². The Morgan fingerprint density at radius 2 is 1.80 bits per heavy atom. The Morgan fingerprint density at radius 1 is 1.10 bits per heavy atom. The van der Waals surface area contributed by atoms with Gasteiger partial charge in [-0.15, -0.1) is 10.2 Å². The molecule has 0 unspecified atom stereocenters. The first-order valence-corrected chi connectivity index (χ1v) is 11.1. The van der Waals surface area contributed by atoms with Crippen LogP contribution in [-0.4, -0.2) is 32.5 Å². The third-order valence-corrected chi connectivity index (χ3v) is 5.75. The van der Waals surface area contributed by atoms with E-state index in [1.807, 2.05) is 80.8 Å². The molecule has 0 saturated heterocycles. The molecule has 7 heteroatoms. The standard InChI is InChI=1S/C23H28N4O2S/c1-5-18(4)24-21(28)15-30-23-26-25-20(27(23)19-12-7-6-8-13-19)14-29-22-16(2)10-9-11-17(22)3/h6-13,18H,5,14-15H2,1-4H3,(H,24,28)/t18-/m1/s1. The second-order valence-corrected chi connectivity index (χ2v) is 8.19. The van der Waals surface area contributed by atoms with Crippen LogP contribution in [-0.2, 0) is 11.4 Å². The minimum Gasteiger partial charge on any atom is -0.485 e. The fourth-order valence-electron chi connectivity index (χ4n) is 3.04. The molecule has 0 aliphatic carbocycles. The second kappa shape index (κ2) is 10.3. The van der Waals surface area contributed by atoms with Crippen LogP contribution in [0.1, 0.15) is 37.2 Å². The molecule has 158 valence electrons. The molecule has 1 aromatic heterocycles. The van der Waals surface area contributed by atoms with Gasteiger partial charge < -0.3 is 10.1 Å². The SMILES string of the molecule is CC[C@@H](C)NC(=O)CSc1nnc(COc2c(C)cccc2C)n1-c1ccccc1. The number of thioether (sulfide) groups is 1. The highest BCUT2D eigenvalue weighted by molar-refractivity contribution is 7.99. The summed E-state index contributed by atoms with van der Waals surface area (Å²) in [5, 5.41) is 12.3. The second-order valence-electron chi connectivity index (χ2n) is 7.24. The van der Waals surface area contributed by atoms with Gasteiger partial charge in [-0.1, -0.05) is 55.1 Å². The van der Waals surface area contributed by atoms with Crippen molar-refractivity contribution in [3.8, 4) is 11.4 Å². The van der Waals surface area contributed by atoms with Crippen LogP contribution < -0.4 is 10.1 Å². The predicted octanol–water partition coefficient (Wildman–Crippen LogP) is 4.47. The number of hydrogen-bond acceptors (Lipinski definition) is 5. The zero-order valence-corrected chi connectivity index (χ0v) is 18.7. The lowest BCUT2D eigenvalue weighted by Crippen LogP contribution is -2.33. The molecule has 0 aliphatic heterocycles. The fourth-order valence-corrected chi connectivity index (χ4v) is 3.82. The van der Waals surface area contributed by atoms with Crippen molar-refractivity contribution < 1.29 is 9.53 Å². The average molecular weight is 425 g/mol. The molecule has 1 N–H and O–H groups in total. The maximum absolute atomic E-state index is 12.2. The van der Waals surface area contributed by atoms with Crippen molar-refractivity contribution >= 4 is 17.7 Å². The number of benzene rings is 2. The van der Waals surface area contributed by atoms with E-state index >= 15 is 0 Å². The predicted molar refractivity (Wildman–Crippen MR) is 120 cm³/mol. The van der Waals surface area contributed by atoms with Gasteiger partial charge in [0.2, 0.25) is 5.91 Å². The van der Waals surface area contributed by atoms with E-state index in [4.69, 9.17) is 4.74 Å². The van der Waals surface area contributed by atoms with Crippen LogP contribution in [0.5, 0.6) is 5.75 Å². The normalized spacial score (nSPS) is 11.9. The van der Waals surface area contributed by atoms with Crippen LogP contribution in [0.2, 0.25) is 0 Å². The summed E-state index contributed by atoms with van der Waals surface area (Å²) >= 11 is 1.37. The third-order valence-electron chi connectivity index (χ3n) is 4.82. The van der Waals surface area contributed by atoms with Crippen LogP contribution in [0.15, 0.2) is 53.7 Å². The minimum atomic E-state index is -0.00898. The van der Waals surface area contributed by atoms with Gasteiger partial charge in [-0.25, -0.2) is 0 Å². The van der Waals surface area contributed by atoms with Gasteiger partial charge in [-0.05, 0) is 50.5 Å². The maximum Gasteiger partial charge on any atom is 0.230 e. The maximum atomic E-state index is 12.2. The number of nitrogens with one attached hydrogen (secondary N) is 1. The van der Waals surface area contributed by atoms with Crippen molar-refractivity contribution in [2.24, 2.45) is 0 Å². The van der Waals surface area contributed by atoms with Gasteiger partial charge in [-0.3, -0.25) is 9.36 Å². The minimum absolute atomic E-state index is 0.00898. The summed E-state index contributed by atoms with van der Waals surface area (Å²) in [6.07, 6.45) is 0.899. The van der Waals surface area contributed by atoms with Gasteiger partial charge in [0, 0.05) is 11.7 Å². The van der Waals surface area contributed by atoms with E-state index in [1.165, 1.54) is 11.8 Å². The average Bonchev–Trinajstić information content (AvgIpc) is 3.15. The smallest absolute Gasteiger partial charge is 0.230 e. The highest BCUT2D eigenvalue weighted by atomic mass is 32.2. The number of carbonyl (C=O) groups is 1. The number of ether oxygens (including phenoxy) is 1. The van der Waals surface area contributed by atoms with Crippen molar-refractivity contribution in [3.63, 3.8) is 0 Å². The molecule has 0 radical (unpaired) electrons. The van der Waals surface area contributed by atoms with E-state index in [1.54, 1.807) is 0 Å².